The molecule has 2 N–H and O–H groups in total. The van der Waals surface area contributed by atoms with Gasteiger partial charge in [0.15, 0.2) is 0 Å². The summed E-state index contributed by atoms with van der Waals surface area (Å²) in [6.07, 6.45) is 5.60. The van der Waals surface area contributed by atoms with E-state index in [1.165, 1.54) is 12.8 Å². The Kier molecular flexibility index (Phi) is 3.49. The van der Waals surface area contributed by atoms with Crippen LogP contribution >= 0.6 is 0 Å². The molecule has 1 unspecified atom stereocenters. The van der Waals surface area contributed by atoms with Crippen molar-refractivity contribution in [1.82, 2.24) is 0 Å². The number of ether oxygens (including phenoxy) is 2. The predicted octanol–water partition coefficient (Wildman–Crippen LogP) is 1.60. The summed E-state index contributed by atoms with van der Waals surface area (Å²) in [5.41, 5.74) is 5.66. The van der Waals surface area contributed by atoms with E-state index in [2.05, 4.69) is 4.99 Å². The maximum absolute atomic E-state index is 5.79. The van der Waals surface area contributed by atoms with Gasteiger partial charge < -0.3 is 15.2 Å². The average molecular weight is 224 g/mol. The summed E-state index contributed by atoms with van der Waals surface area (Å²) < 4.78 is 11.4. The largest absolute Gasteiger partial charge is 0.494 e. The highest BCUT2D eigenvalue weighted by molar-refractivity contribution is 5.89. The number of rotatable bonds is 4. The summed E-state index contributed by atoms with van der Waals surface area (Å²) in [5.74, 6) is 1.64. The van der Waals surface area contributed by atoms with Gasteiger partial charge in [-0.15, -0.1) is 0 Å². The van der Waals surface area contributed by atoms with Crippen LogP contribution in [-0.4, -0.2) is 30.7 Å². The lowest BCUT2D eigenvalue weighted by molar-refractivity contribution is 0.176. The highest BCUT2D eigenvalue weighted by Crippen LogP contribution is 2.29. The monoisotopic (exact) mass is 224 g/mol. The van der Waals surface area contributed by atoms with Crippen LogP contribution < -0.4 is 5.73 Å². The lowest BCUT2D eigenvalue weighted by atomic mass is 10.1. The van der Waals surface area contributed by atoms with Gasteiger partial charge in [-0.1, -0.05) is 0 Å². The molecule has 1 atom stereocenters. The number of aliphatic imine (C=N–C) groups is 1. The molecule has 0 radical (unpaired) electrons. The van der Waals surface area contributed by atoms with Crippen LogP contribution in [0.25, 0.3) is 0 Å². The normalized spacial score (nSPS) is 25.1. The second-order valence-electron chi connectivity index (χ2n) is 4.66. The fourth-order valence-corrected chi connectivity index (χ4v) is 1.62. The molecule has 0 saturated heterocycles. The molecule has 1 fully saturated rings. The topological polar surface area (TPSA) is 56.8 Å². The van der Waals surface area contributed by atoms with Crippen molar-refractivity contribution in [2.24, 2.45) is 10.7 Å². The van der Waals surface area contributed by atoms with Crippen LogP contribution in [0.2, 0.25) is 0 Å². The van der Waals surface area contributed by atoms with Gasteiger partial charge in [0.05, 0.1) is 18.2 Å². The van der Waals surface area contributed by atoms with E-state index in [1.807, 2.05) is 19.9 Å². The second kappa shape index (κ2) is 4.87. The first-order valence-electron chi connectivity index (χ1n) is 5.99. The molecule has 0 aromatic heterocycles. The van der Waals surface area contributed by atoms with Crippen LogP contribution in [-0.2, 0) is 9.47 Å². The third-order valence-electron chi connectivity index (χ3n) is 2.50. The Morgan fingerprint density at radius 3 is 2.81 bits per heavy atom. The summed E-state index contributed by atoms with van der Waals surface area (Å²) in [4.78, 5) is 4.43. The fourth-order valence-electron chi connectivity index (χ4n) is 1.62. The molecule has 1 saturated carbocycles. The van der Waals surface area contributed by atoms with E-state index in [1.54, 1.807) is 0 Å². The molecule has 90 valence electrons. The molecule has 0 bridgehead atoms. The molecule has 2 rings (SSSR count). The van der Waals surface area contributed by atoms with Crippen LogP contribution in [0.3, 0.4) is 0 Å². The van der Waals surface area contributed by atoms with Crippen LogP contribution in [0.15, 0.2) is 16.8 Å². The maximum atomic E-state index is 5.79. The fraction of sp³-hybridized carbons (Fsp3) is 0.750. The number of nitrogens with two attached hydrogens (primary N) is 1. The summed E-state index contributed by atoms with van der Waals surface area (Å²) in [6, 6.07) is 0.104. The van der Waals surface area contributed by atoms with Gasteiger partial charge in [-0.2, -0.15) is 0 Å². The van der Waals surface area contributed by atoms with Gasteiger partial charge in [0, 0.05) is 19.0 Å². The maximum Gasteiger partial charge on any atom is 0.212 e. The smallest absolute Gasteiger partial charge is 0.212 e. The SMILES string of the molecule is CC(C)OC1=NC(CN)CC(OC2CC2)=C1. The number of hydrogen-bond donors (Lipinski definition) is 1. The first-order valence-corrected chi connectivity index (χ1v) is 5.99. The van der Waals surface area contributed by atoms with Gasteiger partial charge in [0.25, 0.3) is 0 Å². The molecule has 2 aliphatic rings. The molecule has 4 nitrogen and oxygen atoms in total. The minimum absolute atomic E-state index is 0.104. The molecule has 1 aliphatic heterocycles. The molecule has 0 amide bonds. The molecule has 0 spiro atoms. The van der Waals surface area contributed by atoms with E-state index in [-0.39, 0.29) is 12.1 Å². The first kappa shape index (κ1) is 11.5. The third kappa shape index (κ3) is 3.23. The van der Waals surface area contributed by atoms with Crippen LogP contribution in [0.4, 0.5) is 0 Å². The molecule has 1 heterocycles. The third-order valence-corrected chi connectivity index (χ3v) is 2.50. The van der Waals surface area contributed by atoms with Crippen molar-refractivity contribution in [2.45, 2.75) is 51.4 Å². The summed E-state index contributed by atoms with van der Waals surface area (Å²) in [6.45, 7) is 4.52. The predicted molar refractivity (Wildman–Crippen MR) is 63.3 cm³/mol. The van der Waals surface area contributed by atoms with E-state index in [4.69, 9.17) is 15.2 Å². The van der Waals surface area contributed by atoms with Crippen LogP contribution in [0.5, 0.6) is 0 Å². The van der Waals surface area contributed by atoms with Crippen molar-refractivity contribution in [3.63, 3.8) is 0 Å². The van der Waals surface area contributed by atoms with E-state index >= 15 is 0 Å². The lowest BCUT2D eigenvalue weighted by Crippen LogP contribution is -2.26. The summed E-state index contributed by atoms with van der Waals surface area (Å²) >= 11 is 0. The molecular weight excluding hydrogens is 204 g/mol. The van der Waals surface area contributed by atoms with Crippen LogP contribution in [0.1, 0.15) is 33.1 Å². The van der Waals surface area contributed by atoms with Crippen molar-refractivity contribution >= 4 is 5.90 Å². The molecule has 0 aromatic carbocycles. The van der Waals surface area contributed by atoms with Crippen molar-refractivity contribution < 1.29 is 9.47 Å². The van der Waals surface area contributed by atoms with Crippen molar-refractivity contribution in [1.29, 1.82) is 0 Å². The molecule has 1 aliphatic carbocycles. The molecule has 16 heavy (non-hydrogen) atoms. The summed E-state index contributed by atoms with van der Waals surface area (Å²) in [7, 11) is 0. The number of hydrogen-bond acceptors (Lipinski definition) is 4. The zero-order chi connectivity index (χ0) is 11.5. The lowest BCUT2D eigenvalue weighted by Gasteiger charge is -2.21. The molecular formula is C12H20N2O2. The average Bonchev–Trinajstić information content (AvgIpc) is 3.00. The van der Waals surface area contributed by atoms with E-state index in [0.29, 0.717) is 18.5 Å². The number of dihydropyridines is 1. The van der Waals surface area contributed by atoms with Gasteiger partial charge in [-0.05, 0) is 26.7 Å². The van der Waals surface area contributed by atoms with E-state index in [0.717, 1.165) is 12.2 Å². The van der Waals surface area contributed by atoms with E-state index in [9.17, 15) is 0 Å². The minimum Gasteiger partial charge on any atom is -0.494 e. The van der Waals surface area contributed by atoms with Gasteiger partial charge in [-0.3, -0.25) is 0 Å². The Balaban J connectivity index is 2.00. The Morgan fingerprint density at radius 2 is 2.25 bits per heavy atom. The molecule has 4 heteroatoms. The Labute approximate surface area is 96.5 Å². The van der Waals surface area contributed by atoms with Gasteiger partial charge in [-0.25, -0.2) is 4.99 Å². The Morgan fingerprint density at radius 1 is 1.50 bits per heavy atom. The Bertz CT molecular complexity index is 306. The van der Waals surface area contributed by atoms with Crippen molar-refractivity contribution in [2.75, 3.05) is 6.54 Å². The van der Waals surface area contributed by atoms with Crippen molar-refractivity contribution in [3.05, 3.63) is 11.8 Å². The number of nitrogens with zero attached hydrogens (tertiary/aromatic N) is 1. The van der Waals surface area contributed by atoms with Gasteiger partial charge >= 0.3 is 0 Å². The van der Waals surface area contributed by atoms with Gasteiger partial charge in [0.2, 0.25) is 5.90 Å². The minimum atomic E-state index is 0.104. The van der Waals surface area contributed by atoms with Crippen LogP contribution in [0, 0.1) is 0 Å². The summed E-state index contributed by atoms with van der Waals surface area (Å²) in [5, 5.41) is 0. The molecule has 0 aromatic rings. The highest BCUT2D eigenvalue weighted by atomic mass is 16.5. The van der Waals surface area contributed by atoms with E-state index < -0.39 is 0 Å². The zero-order valence-electron chi connectivity index (χ0n) is 9.98. The quantitative estimate of drug-likeness (QED) is 0.789. The van der Waals surface area contributed by atoms with Crippen molar-refractivity contribution in [3.8, 4) is 0 Å². The highest BCUT2D eigenvalue weighted by Gasteiger charge is 2.27. The zero-order valence-corrected chi connectivity index (χ0v) is 9.98. The first-order chi connectivity index (χ1) is 7.67. The second-order valence-corrected chi connectivity index (χ2v) is 4.66. The Hall–Kier alpha value is -1.03. The standard InChI is InChI=1S/C12H20N2O2/c1-8(2)15-12-6-11(16-10-3-4-10)5-9(7-13)14-12/h6,8-10H,3-5,7,13H2,1-2H3. The van der Waals surface area contributed by atoms with Gasteiger partial charge in [0.1, 0.15) is 5.76 Å².